The number of esters is 2. The molecular formula is C57H109NO8P+. The number of allylic oxidation sites excluding steroid dienone is 6. The van der Waals surface area contributed by atoms with Crippen LogP contribution in [0.3, 0.4) is 0 Å². The number of carbonyl (C=O) groups excluding carboxylic acids is 2. The van der Waals surface area contributed by atoms with Gasteiger partial charge in [-0.2, -0.15) is 0 Å². The van der Waals surface area contributed by atoms with Crippen LogP contribution in [-0.4, -0.2) is 74.9 Å². The van der Waals surface area contributed by atoms with Gasteiger partial charge in [-0.25, -0.2) is 4.57 Å². The molecule has 1 N–H and O–H groups in total. The first-order chi connectivity index (χ1) is 32.5. The Morgan fingerprint density at radius 1 is 0.463 bits per heavy atom. The summed E-state index contributed by atoms with van der Waals surface area (Å²) in [6.07, 6.45) is 59.3. The molecule has 0 fully saturated rings. The maximum Gasteiger partial charge on any atom is 0.472 e. The van der Waals surface area contributed by atoms with Crippen molar-refractivity contribution in [3.8, 4) is 0 Å². The lowest BCUT2D eigenvalue weighted by atomic mass is 10.0. The van der Waals surface area contributed by atoms with Crippen molar-refractivity contribution in [2.75, 3.05) is 47.5 Å². The number of likely N-dealkylation sites (N-methyl/N-ethyl adjacent to an activating group) is 1. The minimum absolute atomic E-state index is 0.0297. The normalized spacial score (nSPS) is 13.6. The predicted molar refractivity (Wildman–Crippen MR) is 284 cm³/mol. The van der Waals surface area contributed by atoms with E-state index in [0.29, 0.717) is 17.4 Å². The van der Waals surface area contributed by atoms with Gasteiger partial charge in [0.25, 0.3) is 0 Å². The SMILES string of the molecule is CCCCCC/C=C\C/C=C\CCCCCCCC(=O)OC(COC(=O)CCCCCCCCCCCCCCCCC/C=C\CCCCCCCCCC)COP(=O)(O)OCC[N+](C)(C)C. The molecule has 0 aliphatic heterocycles. The number of quaternary nitrogens is 1. The number of hydrogen-bond acceptors (Lipinski definition) is 7. The zero-order valence-electron chi connectivity index (χ0n) is 44.6. The highest BCUT2D eigenvalue weighted by Crippen LogP contribution is 2.43. The first-order valence-electron chi connectivity index (χ1n) is 28.2. The molecule has 67 heavy (non-hydrogen) atoms. The first kappa shape index (κ1) is 65.2. The molecule has 0 bridgehead atoms. The maximum absolute atomic E-state index is 12.8. The number of phosphoric acid groups is 1. The van der Waals surface area contributed by atoms with Crippen molar-refractivity contribution >= 4 is 19.8 Å². The maximum atomic E-state index is 12.8. The third-order valence-corrected chi connectivity index (χ3v) is 13.4. The molecule has 2 unspecified atom stereocenters. The van der Waals surface area contributed by atoms with Gasteiger partial charge in [0, 0.05) is 12.8 Å². The van der Waals surface area contributed by atoms with Crippen LogP contribution in [0.15, 0.2) is 36.5 Å². The third kappa shape index (κ3) is 53.4. The van der Waals surface area contributed by atoms with E-state index in [2.05, 4.69) is 50.3 Å². The molecule has 0 aromatic heterocycles. The van der Waals surface area contributed by atoms with E-state index in [4.69, 9.17) is 18.5 Å². The molecule has 394 valence electrons. The van der Waals surface area contributed by atoms with Crippen molar-refractivity contribution in [3.63, 3.8) is 0 Å². The molecule has 0 spiro atoms. The van der Waals surface area contributed by atoms with E-state index in [0.717, 1.165) is 57.8 Å². The quantitative estimate of drug-likeness (QED) is 0.0211. The lowest BCUT2D eigenvalue weighted by molar-refractivity contribution is -0.870. The molecule has 0 aromatic rings. The Morgan fingerprint density at radius 3 is 1.21 bits per heavy atom. The fourth-order valence-corrected chi connectivity index (χ4v) is 8.72. The van der Waals surface area contributed by atoms with Crippen LogP contribution in [0.2, 0.25) is 0 Å². The second kappa shape index (κ2) is 49.2. The molecule has 0 aromatic carbocycles. The highest BCUT2D eigenvalue weighted by atomic mass is 31.2. The fraction of sp³-hybridized carbons (Fsp3) is 0.860. The summed E-state index contributed by atoms with van der Waals surface area (Å²) in [5.41, 5.74) is 0. The Labute approximate surface area is 414 Å². The van der Waals surface area contributed by atoms with Gasteiger partial charge in [0.2, 0.25) is 0 Å². The van der Waals surface area contributed by atoms with Crippen molar-refractivity contribution in [1.29, 1.82) is 0 Å². The second-order valence-electron chi connectivity index (χ2n) is 20.3. The Morgan fingerprint density at radius 2 is 0.806 bits per heavy atom. The zero-order valence-corrected chi connectivity index (χ0v) is 45.5. The molecule has 10 heteroatoms. The Hall–Kier alpha value is -1.77. The molecule has 0 saturated carbocycles. The lowest BCUT2D eigenvalue weighted by Crippen LogP contribution is -2.37. The van der Waals surface area contributed by atoms with Crippen LogP contribution in [0, 0.1) is 0 Å². The largest absolute Gasteiger partial charge is 0.472 e. The van der Waals surface area contributed by atoms with Gasteiger partial charge < -0.3 is 18.9 Å². The van der Waals surface area contributed by atoms with Gasteiger partial charge in [0.1, 0.15) is 19.8 Å². The van der Waals surface area contributed by atoms with Crippen LogP contribution < -0.4 is 0 Å². The van der Waals surface area contributed by atoms with Gasteiger partial charge in [-0.3, -0.25) is 18.6 Å². The van der Waals surface area contributed by atoms with Crippen molar-refractivity contribution in [1.82, 2.24) is 0 Å². The number of carbonyl (C=O) groups is 2. The minimum Gasteiger partial charge on any atom is -0.462 e. The first-order valence-corrected chi connectivity index (χ1v) is 29.7. The highest BCUT2D eigenvalue weighted by Gasteiger charge is 2.27. The molecule has 0 amide bonds. The Balaban J connectivity index is 4.11. The standard InChI is InChI=1S/C57H108NO8P/c1-6-8-10-12-14-16-18-20-22-24-25-26-27-28-29-30-31-32-33-34-36-37-39-41-43-45-47-49-56(59)63-53-55(54-65-67(61,62)64-52-51-58(3,4)5)66-57(60)50-48-46-44-42-40-38-35-23-21-19-17-15-13-11-9-7-2/h17,19,23-25,35,55H,6-16,18,20-22,26-34,36-54H2,1-5H3/p+1/b19-17-,25-24-,35-23-. The monoisotopic (exact) mass is 967 g/mol. The molecule has 0 saturated heterocycles. The van der Waals surface area contributed by atoms with Crippen LogP contribution in [0.1, 0.15) is 264 Å². The van der Waals surface area contributed by atoms with E-state index in [1.807, 2.05) is 21.1 Å². The molecule has 0 heterocycles. The van der Waals surface area contributed by atoms with Crippen LogP contribution >= 0.6 is 7.82 Å². The predicted octanol–water partition coefficient (Wildman–Crippen LogP) is 17.2. The molecule has 0 rings (SSSR count). The summed E-state index contributed by atoms with van der Waals surface area (Å²) >= 11 is 0. The van der Waals surface area contributed by atoms with Crippen molar-refractivity contribution in [3.05, 3.63) is 36.5 Å². The minimum atomic E-state index is -4.38. The van der Waals surface area contributed by atoms with Crippen LogP contribution in [0.4, 0.5) is 0 Å². The number of nitrogens with zero attached hydrogens (tertiary/aromatic N) is 1. The second-order valence-corrected chi connectivity index (χ2v) is 21.8. The number of hydrogen-bond donors (Lipinski definition) is 1. The van der Waals surface area contributed by atoms with Gasteiger partial charge in [-0.05, 0) is 70.6 Å². The highest BCUT2D eigenvalue weighted by molar-refractivity contribution is 7.47. The topological polar surface area (TPSA) is 108 Å². The van der Waals surface area contributed by atoms with Crippen molar-refractivity contribution in [2.24, 2.45) is 0 Å². The van der Waals surface area contributed by atoms with Gasteiger partial charge in [-0.15, -0.1) is 0 Å². The van der Waals surface area contributed by atoms with E-state index < -0.39 is 26.5 Å². The smallest absolute Gasteiger partial charge is 0.462 e. The van der Waals surface area contributed by atoms with Crippen LogP contribution in [-0.2, 0) is 32.7 Å². The van der Waals surface area contributed by atoms with E-state index in [1.54, 1.807) is 0 Å². The Bertz CT molecular complexity index is 1230. The van der Waals surface area contributed by atoms with E-state index in [1.165, 1.54) is 173 Å². The third-order valence-electron chi connectivity index (χ3n) is 12.4. The number of ether oxygens (including phenoxy) is 2. The molecule has 2 atom stereocenters. The zero-order chi connectivity index (χ0) is 49.2. The van der Waals surface area contributed by atoms with E-state index >= 15 is 0 Å². The van der Waals surface area contributed by atoms with Gasteiger partial charge in [-0.1, -0.05) is 217 Å². The average Bonchev–Trinajstić information content (AvgIpc) is 3.29. The Kier molecular flexibility index (Phi) is 47.9. The van der Waals surface area contributed by atoms with Gasteiger partial charge in [0.05, 0.1) is 27.7 Å². The van der Waals surface area contributed by atoms with Crippen molar-refractivity contribution < 1.29 is 42.1 Å². The summed E-state index contributed by atoms with van der Waals surface area (Å²) in [5, 5.41) is 0. The molecule has 0 aliphatic rings. The fourth-order valence-electron chi connectivity index (χ4n) is 7.98. The molecule has 0 radical (unpaired) electrons. The van der Waals surface area contributed by atoms with E-state index in [9.17, 15) is 19.0 Å². The number of rotatable bonds is 52. The molecule has 0 aliphatic carbocycles. The van der Waals surface area contributed by atoms with E-state index in [-0.39, 0.29) is 32.0 Å². The summed E-state index contributed by atoms with van der Waals surface area (Å²) < 4.78 is 34.5. The summed E-state index contributed by atoms with van der Waals surface area (Å²) in [5.74, 6) is -0.804. The van der Waals surface area contributed by atoms with Gasteiger partial charge >= 0.3 is 19.8 Å². The van der Waals surface area contributed by atoms with Crippen molar-refractivity contribution in [2.45, 2.75) is 270 Å². The summed E-state index contributed by atoms with van der Waals surface area (Å²) in [6.45, 7) is 4.43. The van der Waals surface area contributed by atoms with Crippen LogP contribution in [0.5, 0.6) is 0 Å². The van der Waals surface area contributed by atoms with Gasteiger partial charge in [0.15, 0.2) is 6.10 Å². The average molecular weight is 967 g/mol. The summed E-state index contributed by atoms with van der Waals surface area (Å²) in [6, 6.07) is 0. The molecular weight excluding hydrogens is 858 g/mol. The summed E-state index contributed by atoms with van der Waals surface area (Å²) in [7, 11) is 1.47. The number of unbranched alkanes of at least 4 members (excludes halogenated alkanes) is 32. The summed E-state index contributed by atoms with van der Waals surface area (Å²) in [4.78, 5) is 35.6. The van der Waals surface area contributed by atoms with Crippen LogP contribution in [0.25, 0.3) is 0 Å². The molecule has 9 nitrogen and oxygen atoms in total. The lowest BCUT2D eigenvalue weighted by Gasteiger charge is -2.24. The number of phosphoric ester groups is 1.